The van der Waals surface area contributed by atoms with Crippen molar-refractivity contribution in [3.8, 4) is 17.3 Å². The molecule has 8 heteroatoms. The molecule has 21 heavy (non-hydrogen) atoms. The Balaban J connectivity index is 1.73. The van der Waals surface area contributed by atoms with Crippen LogP contribution < -0.4 is 10.5 Å². The van der Waals surface area contributed by atoms with Gasteiger partial charge in [-0.05, 0) is 13.0 Å². The van der Waals surface area contributed by atoms with Gasteiger partial charge in [0, 0.05) is 30.7 Å². The maximum absolute atomic E-state index is 12.8. The van der Waals surface area contributed by atoms with Gasteiger partial charge in [-0.3, -0.25) is 0 Å². The molecule has 0 spiro atoms. The Kier molecular flexibility index (Phi) is 3.32. The number of aromatic nitrogens is 3. The Bertz CT molecular complexity index is 637. The molecular weight excluding hydrogens is 282 g/mol. The molecule has 1 atom stereocenters. The van der Waals surface area contributed by atoms with Crippen molar-refractivity contribution in [2.75, 3.05) is 0 Å². The number of hydrogen-bond donors (Lipinski definition) is 1. The molecule has 0 aliphatic heterocycles. The highest BCUT2D eigenvalue weighted by Gasteiger charge is 2.47. The van der Waals surface area contributed by atoms with Crippen LogP contribution in [0.2, 0.25) is 0 Å². The number of nitrogens with two attached hydrogens (primary N) is 1. The second-order valence-corrected chi connectivity index (χ2v) is 5.13. The Labute approximate surface area is 119 Å². The first-order chi connectivity index (χ1) is 9.93. The smallest absolute Gasteiger partial charge is 0.255 e. The molecule has 2 heterocycles. The number of hydrogen-bond acceptors (Lipinski definition) is 6. The highest BCUT2D eigenvalue weighted by Crippen LogP contribution is 2.39. The third-order valence-electron chi connectivity index (χ3n) is 3.16. The summed E-state index contributed by atoms with van der Waals surface area (Å²) in [5.74, 6) is -1.68. The Hall–Kier alpha value is -2.09. The van der Waals surface area contributed by atoms with Crippen LogP contribution in [0.3, 0.4) is 0 Å². The van der Waals surface area contributed by atoms with Gasteiger partial charge in [0.1, 0.15) is 6.10 Å². The lowest BCUT2D eigenvalue weighted by Crippen LogP contribution is -2.43. The van der Waals surface area contributed by atoms with E-state index in [2.05, 4.69) is 15.1 Å². The molecule has 2 N–H and O–H groups in total. The van der Waals surface area contributed by atoms with E-state index < -0.39 is 12.0 Å². The van der Waals surface area contributed by atoms with Gasteiger partial charge in [-0.15, -0.1) is 0 Å². The predicted molar refractivity (Wildman–Crippen MR) is 68.7 cm³/mol. The van der Waals surface area contributed by atoms with E-state index in [1.54, 1.807) is 19.1 Å². The van der Waals surface area contributed by atoms with Crippen molar-refractivity contribution in [1.82, 2.24) is 15.1 Å². The first kappa shape index (κ1) is 13.9. The van der Waals surface area contributed by atoms with Gasteiger partial charge < -0.3 is 15.0 Å². The lowest BCUT2D eigenvalue weighted by atomic mass is 9.91. The van der Waals surface area contributed by atoms with E-state index in [1.165, 1.54) is 6.20 Å². The zero-order chi connectivity index (χ0) is 15.0. The Morgan fingerprint density at radius 3 is 2.86 bits per heavy atom. The number of ether oxygens (including phenoxy) is 1. The summed E-state index contributed by atoms with van der Waals surface area (Å²) >= 11 is 0. The predicted octanol–water partition coefficient (Wildman–Crippen LogP) is 2.33. The Morgan fingerprint density at radius 1 is 1.48 bits per heavy atom. The molecule has 0 radical (unpaired) electrons. The molecule has 0 bridgehead atoms. The zero-order valence-corrected chi connectivity index (χ0v) is 11.3. The summed E-state index contributed by atoms with van der Waals surface area (Å²) in [5, 5.41) is 3.82. The number of halogens is 2. The van der Waals surface area contributed by atoms with Gasteiger partial charge >= 0.3 is 0 Å². The molecule has 3 rings (SSSR count). The molecule has 1 unspecified atom stereocenters. The van der Waals surface area contributed by atoms with E-state index in [4.69, 9.17) is 15.0 Å². The minimum atomic E-state index is -2.62. The largest absolute Gasteiger partial charge is 0.474 e. The summed E-state index contributed by atoms with van der Waals surface area (Å²) in [6, 6.07) is 2.91. The monoisotopic (exact) mass is 296 g/mol. The van der Waals surface area contributed by atoms with Gasteiger partial charge in [0.2, 0.25) is 17.6 Å². The van der Waals surface area contributed by atoms with Crippen LogP contribution >= 0.6 is 0 Å². The third kappa shape index (κ3) is 2.99. The number of rotatable bonds is 4. The van der Waals surface area contributed by atoms with Crippen LogP contribution in [0.25, 0.3) is 11.4 Å². The molecular formula is C13H14F2N4O2. The number of pyridine rings is 1. The minimum absolute atomic E-state index is 0.264. The summed E-state index contributed by atoms with van der Waals surface area (Å²) < 4.78 is 36.0. The van der Waals surface area contributed by atoms with Crippen LogP contribution in [-0.4, -0.2) is 27.2 Å². The molecule has 112 valence electrons. The molecule has 6 nitrogen and oxygen atoms in total. The molecule has 2 aromatic heterocycles. The number of nitrogens with zero attached hydrogens (tertiary/aromatic N) is 3. The van der Waals surface area contributed by atoms with Crippen molar-refractivity contribution in [3.63, 3.8) is 0 Å². The quantitative estimate of drug-likeness (QED) is 0.931. The van der Waals surface area contributed by atoms with Crippen molar-refractivity contribution in [3.05, 3.63) is 24.2 Å². The van der Waals surface area contributed by atoms with Gasteiger partial charge in [0.05, 0.1) is 6.04 Å². The van der Waals surface area contributed by atoms with Gasteiger partial charge in [-0.25, -0.2) is 13.8 Å². The minimum Gasteiger partial charge on any atom is -0.474 e. The fourth-order valence-electron chi connectivity index (χ4n) is 2.01. The van der Waals surface area contributed by atoms with Crippen LogP contribution in [0.1, 0.15) is 31.7 Å². The summed E-state index contributed by atoms with van der Waals surface area (Å²) in [6.45, 7) is 1.73. The second-order valence-electron chi connectivity index (χ2n) is 5.13. The standard InChI is InChI=1S/C13H14F2N4O2/c1-7(16)12-18-11(19-21-12)8-2-3-17-10(4-8)20-9-5-13(14,15)6-9/h2-4,7,9H,5-6,16H2,1H3. The molecule has 1 fully saturated rings. The number of alkyl halides is 2. The van der Waals surface area contributed by atoms with Crippen molar-refractivity contribution in [2.45, 2.75) is 37.8 Å². The third-order valence-corrected chi connectivity index (χ3v) is 3.16. The highest BCUT2D eigenvalue weighted by molar-refractivity contribution is 5.55. The normalized spacial score (nSPS) is 19.0. The average Bonchev–Trinajstić information content (AvgIpc) is 2.86. The van der Waals surface area contributed by atoms with Crippen molar-refractivity contribution in [1.29, 1.82) is 0 Å². The van der Waals surface area contributed by atoms with E-state index in [0.717, 1.165) is 0 Å². The first-order valence-corrected chi connectivity index (χ1v) is 6.53. The lowest BCUT2D eigenvalue weighted by Gasteiger charge is -2.34. The second kappa shape index (κ2) is 5.03. The molecule has 0 amide bonds. The maximum Gasteiger partial charge on any atom is 0.255 e. The highest BCUT2D eigenvalue weighted by atomic mass is 19.3. The lowest BCUT2D eigenvalue weighted by molar-refractivity contribution is -0.135. The van der Waals surface area contributed by atoms with E-state index >= 15 is 0 Å². The molecule has 1 saturated carbocycles. The first-order valence-electron chi connectivity index (χ1n) is 6.53. The Morgan fingerprint density at radius 2 is 2.24 bits per heavy atom. The van der Waals surface area contributed by atoms with E-state index in [0.29, 0.717) is 17.3 Å². The fourth-order valence-corrected chi connectivity index (χ4v) is 2.01. The van der Waals surface area contributed by atoms with Crippen molar-refractivity contribution < 1.29 is 18.0 Å². The van der Waals surface area contributed by atoms with E-state index in [-0.39, 0.29) is 24.8 Å². The molecule has 2 aromatic rings. The zero-order valence-electron chi connectivity index (χ0n) is 11.3. The van der Waals surface area contributed by atoms with Gasteiger partial charge in [-0.1, -0.05) is 5.16 Å². The van der Waals surface area contributed by atoms with Crippen LogP contribution in [0.5, 0.6) is 5.88 Å². The molecule has 1 aliphatic carbocycles. The summed E-state index contributed by atoms with van der Waals surface area (Å²) in [7, 11) is 0. The van der Waals surface area contributed by atoms with Crippen LogP contribution in [0, 0.1) is 0 Å². The van der Waals surface area contributed by atoms with Gasteiger partial charge in [0.15, 0.2) is 0 Å². The summed E-state index contributed by atoms with van der Waals surface area (Å²) in [5.41, 5.74) is 6.27. The van der Waals surface area contributed by atoms with Gasteiger partial charge in [-0.2, -0.15) is 4.98 Å². The SMILES string of the molecule is CC(N)c1nc(-c2ccnc(OC3CC(F)(F)C3)c2)no1. The van der Waals surface area contributed by atoms with Crippen molar-refractivity contribution in [2.24, 2.45) is 5.73 Å². The van der Waals surface area contributed by atoms with E-state index in [1.807, 2.05) is 0 Å². The summed E-state index contributed by atoms with van der Waals surface area (Å²) in [4.78, 5) is 8.15. The van der Waals surface area contributed by atoms with E-state index in [9.17, 15) is 8.78 Å². The molecule has 0 aromatic carbocycles. The van der Waals surface area contributed by atoms with Crippen molar-refractivity contribution >= 4 is 0 Å². The fraction of sp³-hybridized carbons (Fsp3) is 0.462. The summed E-state index contributed by atoms with van der Waals surface area (Å²) in [6.07, 6.45) is 0.433. The van der Waals surface area contributed by atoms with Gasteiger partial charge in [0.25, 0.3) is 5.92 Å². The van der Waals surface area contributed by atoms with Crippen LogP contribution in [0.4, 0.5) is 8.78 Å². The maximum atomic E-state index is 12.8. The van der Waals surface area contributed by atoms with Crippen LogP contribution in [0.15, 0.2) is 22.9 Å². The molecule has 1 aliphatic rings. The average molecular weight is 296 g/mol. The topological polar surface area (TPSA) is 87.1 Å². The van der Waals surface area contributed by atoms with Crippen LogP contribution in [-0.2, 0) is 0 Å². The molecule has 0 saturated heterocycles.